The second kappa shape index (κ2) is 11.3. The second-order valence-electron chi connectivity index (χ2n) is 8.99. The lowest BCUT2D eigenvalue weighted by atomic mass is 9.98. The summed E-state index contributed by atoms with van der Waals surface area (Å²) in [6.45, 7) is 0.936. The molecule has 2 heterocycles. The van der Waals surface area contributed by atoms with Gasteiger partial charge in [-0.1, -0.05) is 35.2 Å². The minimum Gasteiger partial charge on any atom is -0.361 e. The highest BCUT2D eigenvalue weighted by molar-refractivity contribution is 5.95. The molecule has 39 heavy (non-hydrogen) atoms. The molecule has 1 aromatic heterocycles. The molecule has 3 aromatic rings. The standard InChI is InChI=1S/C26H22F6N6O/c27-25(28,29)19-11-17(12-20(14-19)26(30,31)32)24(39)38-10-9-37(8-4-3-7-35-36-33)16-21(38)13-18-15-34-23-6-2-1-5-22(18)23/h1-2,5-6,11-12,14-15,21,34H,7-10,13,16H2. The number of hydrogen-bond acceptors (Lipinski definition) is 3. The molecule has 0 aliphatic carbocycles. The number of alkyl halides is 6. The van der Waals surface area contributed by atoms with E-state index in [1.807, 2.05) is 29.2 Å². The second-order valence-corrected chi connectivity index (χ2v) is 8.99. The number of H-pyrrole nitrogens is 1. The molecule has 1 unspecified atom stereocenters. The predicted octanol–water partition coefficient (Wildman–Crippen LogP) is 5.89. The Balaban J connectivity index is 1.66. The number of hydrogen-bond donors (Lipinski definition) is 1. The molecule has 1 aliphatic heterocycles. The van der Waals surface area contributed by atoms with E-state index in [9.17, 15) is 31.1 Å². The van der Waals surface area contributed by atoms with Crippen molar-refractivity contribution in [1.82, 2.24) is 14.8 Å². The van der Waals surface area contributed by atoms with Crippen molar-refractivity contribution >= 4 is 16.8 Å². The van der Waals surface area contributed by atoms with Crippen LogP contribution in [-0.4, -0.2) is 59.5 Å². The molecular formula is C26H22F6N6O. The fraction of sp³-hybridized carbons (Fsp3) is 0.346. The maximum atomic E-state index is 13.5. The molecule has 0 radical (unpaired) electrons. The number of aromatic amines is 1. The van der Waals surface area contributed by atoms with Gasteiger partial charge in [-0.2, -0.15) is 26.3 Å². The summed E-state index contributed by atoms with van der Waals surface area (Å²) in [5, 5.41) is 4.24. The van der Waals surface area contributed by atoms with E-state index in [1.165, 1.54) is 4.90 Å². The van der Waals surface area contributed by atoms with E-state index in [4.69, 9.17) is 5.53 Å². The predicted molar refractivity (Wildman–Crippen MR) is 132 cm³/mol. The first kappa shape index (κ1) is 27.9. The van der Waals surface area contributed by atoms with Gasteiger partial charge in [0, 0.05) is 53.3 Å². The topological polar surface area (TPSA) is 88.1 Å². The highest BCUT2D eigenvalue weighted by Crippen LogP contribution is 2.37. The first-order valence-corrected chi connectivity index (χ1v) is 11.8. The summed E-state index contributed by atoms with van der Waals surface area (Å²) in [4.78, 5) is 22.5. The van der Waals surface area contributed by atoms with Gasteiger partial charge in [-0.3, -0.25) is 9.69 Å². The van der Waals surface area contributed by atoms with E-state index in [0.29, 0.717) is 25.1 Å². The Hall–Kier alpha value is -4.14. The number of nitrogens with one attached hydrogen (secondary N) is 1. The summed E-state index contributed by atoms with van der Waals surface area (Å²) in [6.07, 6.45) is -8.04. The number of halogens is 6. The Morgan fingerprint density at radius 3 is 2.41 bits per heavy atom. The number of carbonyl (C=O) groups excluding carboxylic acids is 1. The van der Waals surface area contributed by atoms with Gasteiger partial charge in [0.15, 0.2) is 0 Å². The lowest BCUT2D eigenvalue weighted by Crippen LogP contribution is -2.56. The fourth-order valence-corrected chi connectivity index (χ4v) is 4.59. The molecule has 1 atom stereocenters. The molecule has 1 amide bonds. The highest BCUT2D eigenvalue weighted by atomic mass is 19.4. The number of amides is 1. The average Bonchev–Trinajstić information content (AvgIpc) is 3.30. The summed E-state index contributed by atoms with van der Waals surface area (Å²) in [7, 11) is 0. The van der Waals surface area contributed by atoms with Crippen LogP contribution in [0.5, 0.6) is 0 Å². The monoisotopic (exact) mass is 548 g/mol. The molecule has 7 nitrogen and oxygen atoms in total. The normalized spacial score (nSPS) is 16.5. The van der Waals surface area contributed by atoms with E-state index in [0.717, 1.165) is 16.5 Å². The van der Waals surface area contributed by atoms with Crippen LogP contribution in [0, 0.1) is 11.8 Å². The van der Waals surface area contributed by atoms with Crippen LogP contribution in [0.15, 0.2) is 53.8 Å². The Morgan fingerprint density at radius 2 is 1.74 bits per heavy atom. The number of fused-ring (bicyclic) bond motifs is 1. The lowest BCUT2D eigenvalue weighted by molar-refractivity contribution is -0.143. The number of rotatable bonds is 5. The van der Waals surface area contributed by atoms with Gasteiger partial charge in [-0.05, 0) is 41.8 Å². The largest absolute Gasteiger partial charge is 0.416 e. The van der Waals surface area contributed by atoms with Crippen LogP contribution in [0.4, 0.5) is 26.3 Å². The maximum Gasteiger partial charge on any atom is 0.416 e. The quantitative estimate of drug-likeness (QED) is 0.142. The van der Waals surface area contributed by atoms with Crippen LogP contribution in [-0.2, 0) is 18.8 Å². The minimum atomic E-state index is -5.06. The minimum absolute atomic E-state index is 0.00711. The van der Waals surface area contributed by atoms with Gasteiger partial charge in [0.05, 0.1) is 24.2 Å². The van der Waals surface area contributed by atoms with Crippen LogP contribution >= 0.6 is 0 Å². The van der Waals surface area contributed by atoms with Crippen molar-refractivity contribution in [2.24, 2.45) is 5.11 Å². The fourth-order valence-electron chi connectivity index (χ4n) is 4.59. The third-order valence-corrected chi connectivity index (χ3v) is 6.43. The molecule has 1 N–H and O–H groups in total. The molecule has 4 rings (SSSR count). The van der Waals surface area contributed by atoms with Crippen molar-refractivity contribution in [1.29, 1.82) is 0 Å². The number of piperazine rings is 1. The molecule has 2 aromatic carbocycles. The van der Waals surface area contributed by atoms with Gasteiger partial charge >= 0.3 is 12.4 Å². The van der Waals surface area contributed by atoms with Crippen molar-refractivity contribution in [2.75, 3.05) is 32.7 Å². The zero-order chi connectivity index (χ0) is 28.2. The Kier molecular flexibility index (Phi) is 8.09. The van der Waals surface area contributed by atoms with Crippen molar-refractivity contribution in [2.45, 2.75) is 24.8 Å². The smallest absolute Gasteiger partial charge is 0.361 e. The summed E-state index contributed by atoms with van der Waals surface area (Å²) in [5.74, 6) is 4.67. The summed E-state index contributed by atoms with van der Waals surface area (Å²) in [5.41, 5.74) is 6.31. The number of aromatic nitrogens is 1. The van der Waals surface area contributed by atoms with Crippen molar-refractivity contribution in [3.05, 3.63) is 81.4 Å². The van der Waals surface area contributed by atoms with Gasteiger partial charge in [0.1, 0.15) is 0 Å². The van der Waals surface area contributed by atoms with Crippen LogP contribution in [0.3, 0.4) is 0 Å². The number of para-hydroxylation sites is 1. The SMILES string of the molecule is [N-]=[N+]=NCC#CCN1CCN(C(=O)c2cc(C(F)(F)F)cc(C(F)(F)F)c2)C(Cc2c[nH]c3ccccc23)C1. The molecule has 204 valence electrons. The molecule has 0 saturated carbocycles. The van der Waals surface area contributed by atoms with E-state index in [-0.39, 0.29) is 32.2 Å². The Bertz CT molecular complexity index is 1430. The number of nitrogens with zero attached hydrogens (tertiary/aromatic N) is 5. The first-order chi connectivity index (χ1) is 18.5. The van der Waals surface area contributed by atoms with Crippen LogP contribution in [0.2, 0.25) is 0 Å². The molecule has 1 fully saturated rings. The van der Waals surface area contributed by atoms with Crippen molar-refractivity contribution < 1.29 is 31.1 Å². The highest BCUT2D eigenvalue weighted by Gasteiger charge is 2.39. The molecule has 0 bridgehead atoms. The maximum absolute atomic E-state index is 13.5. The zero-order valence-corrected chi connectivity index (χ0v) is 20.4. The third-order valence-electron chi connectivity index (χ3n) is 6.43. The molecule has 13 heteroatoms. The van der Waals surface area contributed by atoms with E-state index < -0.39 is 41.0 Å². The zero-order valence-electron chi connectivity index (χ0n) is 20.4. The number of carbonyl (C=O) groups is 1. The van der Waals surface area contributed by atoms with Crippen molar-refractivity contribution in [3.63, 3.8) is 0 Å². The van der Waals surface area contributed by atoms with Crippen LogP contribution < -0.4 is 0 Å². The van der Waals surface area contributed by atoms with Crippen molar-refractivity contribution in [3.8, 4) is 11.8 Å². The number of azide groups is 1. The first-order valence-electron chi connectivity index (χ1n) is 11.8. The third kappa shape index (κ3) is 6.66. The summed E-state index contributed by atoms with van der Waals surface area (Å²) < 4.78 is 80.5. The van der Waals surface area contributed by atoms with Gasteiger partial charge in [-0.15, -0.1) is 0 Å². The van der Waals surface area contributed by atoms with E-state index in [2.05, 4.69) is 26.9 Å². The van der Waals surface area contributed by atoms with Gasteiger partial charge in [0.2, 0.25) is 0 Å². The van der Waals surface area contributed by atoms with Crippen LogP contribution in [0.25, 0.3) is 21.3 Å². The van der Waals surface area contributed by atoms with Gasteiger partial charge < -0.3 is 9.88 Å². The number of benzene rings is 2. The summed E-state index contributed by atoms with van der Waals surface area (Å²) in [6, 6.07) is 7.83. The molecular weight excluding hydrogens is 526 g/mol. The van der Waals surface area contributed by atoms with E-state index in [1.54, 1.807) is 6.20 Å². The van der Waals surface area contributed by atoms with E-state index >= 15 is 0 Å². The molecule has 1 saturated heterocycles. The molecule has 1 aliphatic rings. The van der Waals surface area contributed by atoms with Crippen LogP contribution in [0.1, 0.15) is 27.0 Å². The van der Waals surface area contributed by atoms with Gasteiger partial charge in [-0.25, -0.2) is 0 Å². The molecule has 0 spiro atoms. The lowest BCUT2D eigenvalue weighted by Gasteiger charge is -2.41. The summed E-state index contributed by atoms with van der Waals surface area (Å²) >= 11 is 0. The van der Waals surface area contributed by atoms with Gasteiger partial charge in [0.25, 0.3) is 5.91 Å². The Morgan fingerprint density at radius 1 is 1.05 bits per heavy atom. The average molecular weight is 548 g/mol. The Labute approximate surface area is 219 Å².